The van der Waals surface area contributed by atoms with Crippen LogP contribution in [0.15, 0.2) is 36.4 Å². The van der Waals surface area contributed by atoms with Crippen LogP contribution in [0, 0.1) is 23.1 Å². The van der Waals surface area contributed by atoms with Gasteiger partial charge in [-0.1, -0.05) is 12.1 Å². The molecule has 2 aromatic rings. The summed E-state index contributed by atoms with van der Waals surface area (Å²) in [5.41, 5.74) is 1.98. The maximum atomic E-state index is 13.8. The van der Waals surface area contributed by atoms with Gasteiger partial charge < -0.3 is 14.7 Å². The number of halogens is 1. The molecule has 2 aromatic carbocycles. The van der Waals surface area contributed by atoms with Crippen molar-refractivity contribution in [3.63, 3.8) is 0 Å². The molecule has 1 heterocycles. The van der Waals surface area contributed by atoms with Gasteiger partial charge in [-0.05, 0) is 31.0 Å². The van der Waals surface area contributed by atoms with Crippen molar-refractivity contribution in [1.82, 2.24) is 0 Å². The van der Waals surface area contributed by atoms with Crippen LogP contribution in [0.5, 0.6) is 5.75 Å². The van der Waals surface area contributed by atoms with E-state index in [4.69, 9.17) is 15.1 Å². The second-order valence-electron chi connectivity index (χ2n) is 6.59. The van der Waals surface area contributed by atoms with E-state index in [1.807, 2.05) is 12.1 Å². The molecule has 1 aliphatic rings. The first kappa shape index (κ1) is 18.9. The number of ketones is 1. The summed E-state index contributed by atoms with van der Waals surface area (Å²) in [5, 5.41) is 18.1. The lowest BCUT2D eigenvalue weighted by Crippen LogP contribution is -2.36. The van der Waals surface area contributed by atoms with Gasteiger partial charge in [0.15, 0.2) is 5.78 Å². The third-order valence-corrected chi connectivity index (χ3v) is 5.04. The zero-order valence-corrected chi connectivity index (χ0v) is 15.1. The Morgan fingerprint density at radius 2 is 2.04 bits per heavy atom. The molecule has 1 saturated heterocycles. The lowest BCUT2D eigenvalue weighted by molar-refractivity contribution is 0.0900. The molecule has 0 spiro atoms. The normalized spacial score (nSPS) is 14.7. The second-order valence-corrected chi connectivity index (χ2v) is 6.59. The molecule has 1 N–H and O–H groups in total. The van der Waals surface area contributed by atoms with E-state index in [0.29, 0.717) is 42.8 Å². The maximum absolute atomic E-state index is 13.8. The summed E-state index contributed by atoms with van der Waals surface area (Å²) in [4.78, 5) is 14.8. The van der Waals surface area contributed by atoms with Crippen LogP contribution in [0.2, 0.25) is 0 Å². The van der Waals surface area contributed by atoms with E-state index in [2.05, 4.69) is 11.0 Å². The van der Waals surface area contributed by atoms with Crippen LogP contribution < -0.4 is 9.64 Å². The number of aliphatic hydroxyl groups excluding tert-OH is 1. The topological polar surface area (TPSA) is 73.6 Å². The molecular formula is C21H21FN2O3. The number of nitriles is 1. The van der Waals surface area contributed by atoms with Crippen molar-refractivity contribution in [3.05, 3.63) is 58.9 Å². The first-order valence-corrected chi connectivity index (χ1v) is 8.84. The number of hydrogen-bond acceptors (Lipinski definition) is 5. The van der Waals surface area contributed by atoms with Gasteiger partial charge in [0, 0.05) is 41.9 Å². The second kappa shape index (κ2) is 8.19. The number of carbonyl (C=O) groups is 1. The summed E-state index contributed by atoms with van der Waals surface area (Å²) in [6.45, 7) is 1.01. The summed E-state index contributed by atoms with van der Waals surface area (Å²) in [7, 11) is 1.53. The standard InChI is InChI=1S/C21H21FN2O3/c1-27-20-11-18(5-4-16(20)12-23)24-8-6-14(7-9-24)21(26)15-2-3-17(13-25)19(22)10-15/h2-5,10-11,14,25H,6-9,13H2,1H3. The molecule has 0 aromatic heterocycles. The molecule has 5 nitrogen and oxygen atoms in total. The van der Waals surface area contributed by atoms with Gasteiger partial charge in [0.2, 0.25) is 0 Å². The third kappa shape index (κ3) is 3.93. The Hall–Kier alpha value is -2.91. The van der Waals surface area contributed by atoms with Crippen LogP contribution in [-0.2, 0) is 6.61 Å². The number of hydrogen-bond donors (Lipinski definition) is 1. The quantitative estimate of drug-likeness (QED) is 0.820. The van der Waals surface area contributed by atoms with Gasteiger partial charge in [0.25, 0.3) is 0 Å². The van der Waals surface area contributed by atoms with Gasteiger partial charge >= 0.3 is 0 Å². The van der Waals surface area contributed by atoms with Gasteiger partial charge in [-0.3, -0.25) is 4.79 Å². The van der Waals surface area contributed by atoms with Crippen LogP contribution in [0.1, 0.15) is 34.3 Å². The minimum atomic E-state index is -0.550. The molecule has 0 atom stereocenters. The molecule has 3 rings (SSSR count). The van der Waals surface area contributed by atoms with E-state index < -0.39 is 5.82 Å². The Morgan fingerprint density at radius 3 is 2.63 bits per heavy atom. The number of benzene rings is 2. The van der Waals surface area contributed by atoms with Gasteiger partial charge in [0.1, 0.15) is 17.6 Å². The van der Waals surface area contributed by atoms with Gasteiger partial charge in [-0.15, -0.1) is 0 Å². The van der Waals surface area contributed by atoms with Crippen LogP contribution in [0.4, 0.5) is 10.1 Å². The summed E-state index contributed by atoms with van der Waals surface area (Å²) < 4.78 is 19.1. The Balaban J connectivity index is 1.67. The average molecular weight is 368 g/mol. The number of piperidine rings is 1. The Labute approximate surface area is 157 Å². The zero-order chi connectivity index (χ0) is 19.4. The molecule has 0 saturated carbocycles. The number of rotatable bonds is 5. The van der Waals surface area contributed by atoms with Crippen molar-refractivity contribution in [3.8, 4) is 11.8 Å². The fourth-order valence-corrected chi connectivity index (χ4v) is 3.43. The molecule has 0 aliphatic carbocycles. The Bertz CT molecular complexity index is 883. The lowest BCUT2D eigenvalue weighted by atomic mass is 9.88. The van der Waals surface area contributed by atoms with Crippen LogP contribution >= 0.6 is 0 Å². The SMILES string of the molecule is COc1cc(N2CCC(C(=O)c3ccc(CO)c(F)c3)CC2)ccc1C#N. The summed E-state index contributed by atoms with van der Waals surface area (Å²) in [6, 6.07) is 11.8. The molecule has 0 radical (unpaired) electrons. The van der Waals surface area contributed by atoms with Gasteiger partial charge in [0.05, 0.1) is 19.3 Å². The van der Waals surface area contributed by atoms with Crippen LogP contribution in [-0.4, -0.2) is 31.1 Å². The number of aliphatic hydroxyl groups is 1. The minimum Gasteiger partial charge on any atom is -0.495 e. The zero-order valence-electron chi connectivity index (χ0n) is 15.1. The Kier molecular flexibility index (Phi) is 5.72. The monoisotopic (exact) mass is 368 g/mol. The highest BCUT2D eigenvalue weighted by molar-refractivity contribution is 5.98. The largest absolute Gasteiger partial charge is 0.495 e. The maximum Gasteiger partial charge on any atom is 0.166 e. The summed E-state index contributed by atoms with van der Waals surface area (Å²) >= 11 is 0. The van der Waals surface area contributed by atoms with Crippen molar-refractivity contribution < 1.29 is 19.0 Å². The predicted octanol–water partition coefficient (Wildman–Crippen LogP) is 3.30. The van der Waals surface area contributed by atoms with Gasteiger partial charge in [-0.25, -0.2) is 4.39 Å². The predicted molar refractivity (Wildman–Crippen MR) is 99.3 cm³/mol. The van der Waals surface area contributed by atoms with E-state index >= 15 is 0 Å². The minimum absolute atomic E-state index is 0.0598. The molecule has 0 unspecified atom stereocenters. The lowest BCUT2D eigenvalue weighted by Gasteiger charge is -2.33. The fraction of sp³-hybridized carbons (Fsp3) is 0.333. The first-order chi connectivity index (χ1) is 13.1. The number of anilines is 1. The average Bonchev–Trinajstić information content (AvgIpc) is 2.72. The van der Waals surface area contributed by atoms with E-state index in [9.17, 15) is 9.18 Å². The van der Waals surface area contributed by atoms with Crippen LogP contribution in [0.25, 0.3) is 0 Å². The molecule has 140 valence electrons. The highest BCUT2D eigenvalue weighted by Gasteiger charge is 2.26. The van der Waals surface area contributed by atoms with Crippen molar-refractivity contribution >= 4 is 11.5 Å². The molecule has 1 aliphatic heterocycles. The highest BCUT2D eigenvalue weighted by atomic mass is 19.1. The summed E-state index contributed by atoms with van der Waals surface area (Å²) in [6.07, 6.45) is 1.34. The van der Waals surface area contributed by atoms with Gasteiger partial charge in [-0.2, -0.15) is 5.26 Å². The first-order valence-electron chi connectivity index (χ1n) is 8.84. The molecule has 6 heteroatoms. The van der Waals surface area contributed by atoms with Crippen molar-refractivity contribution in [2.24, 2.45) is 5.92 Å². The van der Waals surface area contributed by atoms with E-state index in [-0.39, 0.29) is 23.9 Å². The third-order valence-electron chi connectivity index (χ3n) is 5.04. The Morgan fingerprint density at radius 1 is 1.30 bits per heavy atom. The number of methoxy groups -OCH3 is 1. The number of ether oxygens (including phenoxy) is 1. The van der Waals surface area contributed by atoms with E-state index in [1.165, 1.54) is 19.2 Å². The number of nitrogens with zero attached hydrogens (tertiary/aromatic N) is 2. The fourth-order valence-electron chi connectivity index (χ4n) is 3.43. The molecule has 27 heavy (non-hydrogen) atoms. The van der Waals surface area contributed by atoms with Crippen molar-refractivity contribution in [2.75, 3.05) is 25.1 Å². The van der Waals surface area contributed by atoms with Crippen molar-refractivity contribution in [1.29, 1.82) is 5.26 Å². The van der Waals surface area contributed by atoms with E-state index in [1.54, 1.807) is 12.1 Å². The summed E-state index contributed by atoms with van der Waals surface area (Å²) in [5.74, 6) is -0.227. The van der Waals surface area contributed by atoms with Crippen LogP contribution in [0.3, 0.4) is 0 Å². The number of carbonyl (C=O) groups excluding carboxylic acids is 1. The molecule has 0 bridgehead atoms. The van der Waals surface area contributed by atoms with E-state index in [0.717, 1.165) is 5.69 Å². The highest BCUT2D eigenvalue weighted by Crippen LogP contribution is 2.30. The van der Waals surface area contributed by atoms with Crippen molar-refractivity contribution in [2.45, 2.75) is 19.4 Å². The smallest absolute Gasteiger partial charge is 0.166 e. The molecule has 1 fully saturated rings. The number of Topliss-reactive ketones (excluding diaryl/α,β-unsaturated/α-hetero) is 1. The molecular weight excluding hydrogens is 347 g/mol. The molecule has 0 amide bonds.